The minimum Gasteiger partial charge on any atom is -0.493 e. The molecule has 2 atom stereocenters. The van der Waals surface area contributed by atoms with Crippen LogP contribution < -0.4 is 10.1 Å². The standard InChI is InChI=1S/C22H28N2O2/c1-5-16(4)24-21(23-20-12-7-6-11-19(20)22(24)25)17-9-8-10-18(13-17)26-14-15(2)3/h6-13,15-16,21,23H,5,14H2,1-4H3. The Hall–Kier alpha value is -2.49. The van der Waals surface area contributed by atoms with E-state index in [0.717, 1.165) is 29.0 Å². The first-order valence-corrected chi connectivity index (χ1v) is 9.42. The smallest absolute Gasteiger partial charge is 0.258 e. The van der Waals surface area contributed by atoms with E-state index in [4.69, 9.17) is 4.74 Å². The van der Waals surface area contributed by atoms with Gasteiger partial charge in [0.15, 0.2) is 0 Å². The Kier molecular flexibility index (Phi) is 5.50. The van der Waals surface area contributed by atoms with Crippen molar-refractivity contribution in [1.82, 2.24) is 4.90 Å². The molecule has 4 nitrogen and oxygen atoms in total. The number of carbonyl (C=O) groups excluding carboxylic acids is 1. The quantitative estimate of drug-likeness (QED) is 0.787. The van der Waals surface area contributed by atoms with Crippen molar-refractivity contribution in [1.29, 1.82) is 0 Å². The first kappa shape index (κ1) is 18.3. The van der Waals surface area contributed by atoms with Crippen LogP contribution in [0.25, 0.3) is 0 Å². The van der Waals surface area contributed by atoms with Gasteiger partial charge in [-0.2, -0.15) is 0 Å². The van der Waals surface area contributed by atoms with Gasteiger partial charge in [0.05, 0.1) is 12.2 Å². The lowest BCUT2D eigenvalue weighted by Crippen LogP contribution is -2.47. The molecular weight excluding hydrogens is 324 g/mol. The van der Waals surface area contributed by atoms with E-state index in [1.807, 2.05) is 47.4 Å². The Morgan fingerprint density at radius 1 is 1.12 bits per heavy atom. The molecule has 4 heteroatoms. The maximum absolute atomic E-state index is 13.2. The summed E-state index contributed by atoms with van der Waals surface area (Å²) in [6.45, 7) is 9.15. The molecule has 1 amide bonds. The van der Waals surface area contributed by atoms with Crippen molar-refractivity contribution in [3.63, 3.8) is 0 Å². The Bertz CT molecular complexity index is 772. The molecule has 0 saturated heterocycles. The monoisotopic (exact) mass is 352 g/mol. The molecule has 1 aliphatic rings. The number of para-hydroxylation sites is 1. The summed E-state index contributed by atoms with van der Waals surface area (Å²) in [5, 5.41) is 3.55. The number of nitrogens with zero attached hydrogens (tertiary/aromatic N) is 1. The number of nitrogens with one attached hydrogen (secondary N) is 1. The van der Waals surface area contributed by atoms with Crippen LogP contribution in [-0.4, -0.2) is 23.5 Å². The van der Waals surface area contributed by atoms with Gasteiger partial charge in [-0.25, -0.2) is 0 Å². The molecular formula is C22H28N2O2. The number of hydrogen-bond donors (Lipinski definition) is 1. The highest BCUT2D eigenvalue weighted by atomic mass is 16.5. The van der Waals surface area contributed by atoms with E-state index in [0.29, 0.717) is 12.5 Å². The van der Waals surface area contributed by atoms with E-state index in [9.17, 15) is 4.79 Å². The molecule has 138 valence electrons. The maximum atomic E-state index is 13.2. The molecule has 1 aliphatic heterocycles. The average Bonchev–Trinajstić information content (AvgIpc) is 2.66. The number of anilines is 1. The number of benzene rings is 2. The van der Waals surface area contributed by atoms with Gasteiger partial charge in [0.1, 0.15) is 11.9 Å². The molecule has 0 bridgehead atoms. The summed E-state index contributed by atoms with van der Waals surface area (Å²) in [6.07, 6.45) is 0.699. The second kappa shape index (κ2) is 7.81. The number of hydrogen-bond acceptors (Lipinski definition) is 3. The van der Waals surface area contributed by atoms with Gasteiger partial charge in [-0.05, 0) is 49.1 Å². The fourth-order valence-electron chi connectivity index (χ4n) is 3.20. The van der Waals surface area contributed by atoms with Crippen molar-refractivity contribution in [3.8, 4) is 5.75 Å². The topological polar surface area (TPSA) is 41.6 Å². The molecule has 0 radical (unpaired) electrons. The Morgan fingerprint density at radius 3 is 2.62 bits per heavy atom. The summed E-state index contributed by atoms with van der Waals surface area (Å²) in [6, 6.07) is 15.9. The van der Waals surface area contributed by atoms with Crippen molar-refractivity contribution < 1.29 is 9.53 Å². The number of rotatable bonds is 6. The molecule has 0 fully saturated rings. The van der Waals surface area contributed by atoms with Crippen LogP contribution in [0.4, 0.5) is 5.69 Å². The highest BCUT2D eigenvalue weighted by Gasteiger charge is 2.35. The lowest BCUT2D eigenvalue weighted by Gasteiger charge is -2.41. The minimum atomic E-state index is -0.199. The van der Waals surface area contributed by atoms with Crippen molar-refractivity contribution in [2.24, 2.45) is 5.92 Å². The van der Waals surface area contributed by atoms with E-state index in [1.54, 1.807) is 0 Å². The first-order valence-electron chi connectivity index (χ1n) is 9.42. The second-order valence-corrected chi connectivity index (χ2v) is 7.34. The van der Waals surface area contributed by atoms with E-state index in [1.165, 1.54) is 0 Å². The van der Waals surface area contributed by atoms with Gasteiger partial charge in [0.25, 0.3) is 5.91 Å². The molecule has 3 rings (SSSR count). The Balaban J connectivity index is 1.96. The van der Waals surface area contributed by atoms with E-state index in [-0.39, 0.29) is 18.1 Å². The van der Waals surface area contributed by atoms with Gasteiger partial charge in [-0.3, -0.25) is 4.79 Å². The highest BCUT2D eigenvalue weighted by molar-refractivity contribution is 6.01. The fourth-order valence-corrected chi connectivity index (χ4v) is 3.20. The molecule has 0 aliphatic carbocycles. The molecule has 26 heavy (non-hydrogen) atoms. The summed E-state index contributed by atoms with van der Waals surface area (Å²) in [4.78, 5) is 15.1. The van der Waals surface area contributed by atoms with E-state index < -0.39 is 0 Å². The molecule has 2 aromatic rings. The molecule has 2 aromatic carbocycles. The SMILES string of the molecule is CCC(C)N1C(=O)c2ccccc2NC1c1cccc(OCC(C)C)c1. The van der Waals surface area contributed by atoms with Crippen LogP contribution in [0.15, 0.2) is 48.5 Å². The third-order valence-electron chi connectivity index (χ3n) is 4.79. The first-order chi connectivity index (χ1) is 12.5. The fraction of sp³-hybridized carbons (Fsp3) is 0.409. The van der Waals surface area contributed by atoms with Crippen LogP contribution in [0.2, 0.25) is 0 Å². The summed E-state index contributed by atoms with van der Waals surface area (Å²) < 4.78 is 5.89. The lowest BCUT2D eigenvalue weighted by atomic mass is 10.0. The number of fused-ring (bicyclic) bond motifs is 1. The third kappa shape index (κ3) is 3.69. The zero-order valence-electron chi connectivity index (χ0n) is 16.0. The molecule has 0 saturated carbocycles. The van der Waals surface area contributed by atoms with Gasteiger partial charge >= 0.3 is 0 Å². The normalized spacial score (nSPS) is 17.7. The van der Waals surface area contributed by atoms with Gasteiger partial charge in [-0.1, -0.05) is 45.0 Å². The van der Waals surface area contributed by atoms with Crippen molar-refractivity contribution in [3.05, 3.63) is 59.7 Å². The summed E-state index contributed by atoms with van der Waals surface area (Å²) >= 11 is 0. The maximum Gasteiger partial charge on any atom is 0.258 e. The summed E-state index contributed by atoms with van der Waals surface area (Å²) in [5.74, 6) is 1.39. The Morgan fingerprint density at radius 2 is 1.88 bits per heavy atom. The van der Waals surface area contributed by atoms with Gasteiger partial charge in [0, 0.05) is 11.7 Å². The predicted octanol–water partition coefficient (Wildman–Crippen LogP) is 5.09. The number of carbonyl (C=O) groups is 1. The largest absolute Gasteiger partial charge is 0.493 e. The van der Waals surface area contributed by atoms with Crippen LogP contribution in [0.5, 0.6) is 5.75 Å². The van der Waals surface area contributed by atoms with Crippen molar-refractivity contribution >= 4 is 11.6 Å². The average molecular weight is 352 g/mol. The zero-order chi connectivity index (χ0) is 18.7. The van der Waals surface area contributed by atoms with Crippen molar-refractivity contribution in [2.45, 2.75) is 46.3 Å². The third-order valence-corrected chi connectivity index (χ3v) is 4.79. The van der Waals surface area contributed by atoms with Crippen LogP contribution in [-0.2, 0) is 0 Å². The highest BCUT2D eigenvalue weighted by Crippen LogP contribution is 2.35. The summed E-state index contributed by atoms with van der Waals surface area (Å²) in [5.41, 5.74) is 2.65. The van der Waals surface area contributed by atoms with Crippen LogP contribution in [0, 0.1) is 5.92 Å². The Labute approximate surface area is 156 Å². The minimum absolute atomic E-state index is 0.0761. The van der Waals surface area contributed by atoms with E-state index >= 15 is 0 Å². The zero-order valence-corrected chi connectivity index (χ0v) is 16.0. The molecule has 0 spiro atoms. The van der Waals surface area contributed by atoms with Crippen LogP contribution in [0.1, 0.15) is 56.2 Å². The molecule has 2 unspecified atom stereocenters. The second-order valence-electron chi connectivity index (χ2n) is 7.34. The van der Waals surface area contributed by atoms with E-state index in [2.05, 4.69) is 39.1 Å². The van der Waals surface area contributed by atoms with Gasteiger partial charge in [-0.15, -0.1) is 0 Å². The predicted molar refractivity (Wildman–Crippen MR) is 106 cm³/mol. The number of ether oxygens (including phenoxy) is 1. The van der Waals surface area contributed by atoms with Gasteiger partial charge in [0.2, 0.25) is 0 Å². The summed E-state index contributed by atoms with van der Waals surface area (Å²) in [7, 11) is 0. The number of amides is 1. The molecule has 0 aromatic heterocycles. The molecule has 1 N–H and O–H groups in total. The lowest BCUT2D eigenvalue weighted by molar-refractivity contribution is 0.0593. The molecule has 1 heterocycles. The van der Waals surface area contributed by atoms with Crippen LogP contribution in [0.3, 0.4) is 0 Å². The van der Waals surface area contributed by atoms with Gasteiger partial charge < -0.3 is 15.0 Å². The van der Waals surface area contributed by atoms with Crippen molar-refractivity contribution in [2.75, 3.05) is 11.9 Å². The van der Waals surface area contributed by atoms with Crippen LogP contribution >= 0.6 is 0 Å².